The third-order valence-corrected chi connectivity index (χ3v) is 2.93. The molecular weight excluding hydrogens is 257 g/mol. The molecule has 4 nitrogen and oxygen atoms in total. The lowest BCUT2D eigenvalue weighted by molar-refractivity contribution is 0.397. The number of nitrogens with zero attached hydrogens (tertiary/aromatic N) is 2. The van der Waals surface area contributed by atoms with E-state index in [-0.39, 0.29) is 5.82 Å². The van der Waals surface area contributed by atoms with Crippen LogP contribution in [-0.4, -0.2) is 23.6 Å². The maximum Gasteiger partial charge on any atom is 0.240 e. The topological polar surface area (TPSA) is 47.0 Å². The molecule has 1 N–H and O–H groups in total. The van der Waals surface area contributed by atoms with Crippen molar-refractivity contribution in [3.05, 3.63) is 42.0 Å². The van der Waals surface area contributed by atoms with Crippen molar-refractivity contribution in [2.24, 2.45) is 0 Å². The van der Waals surface area contributed by atoms with Gasteiger partial charge in [-0.1, -0.05) is 13.0 Å². The monoisotopic (exact) mass is 275 g/mol. The van der Waals surface area contributed by atoms with Gasteiger partial charge in [0.1, 0.15) is 11.5 Å². The molecule has 5 heteroatoms. The van der Waals surface area contributed by atoms with Gasteiger partial charge in [-0.2, -0.15) is 0 Å². The Morgan fingerprint density at radius 2 is 2.05 bits per heavy atom. The van der Waals surface area contributed by atoms with Gasteiger partial charge in [0.05, 0.1) is 7.11 Å². The van der Waals surface area contributed by atoms with Gasteiger partial charge in [0, 0.05) is 24.5 Å². The number of halogens is 1. The zero-order valence-electron chi connectivity index (χ0n) is 11.7. The third kappa shape index (κ3) is 3.30. The van der Waals surface area contributed by atoms with Gasteiger partial charge in [0.2, 0.25) is 5.88 Å². The van der Waals surface area contributed by atoms with E-state index >= 15 is 0 Å². The van der Waals surface area contributed by atoms with Crippen LogP contribution in [-0.2, 0) is 6.54 Å². The van der Waals surface area contributed by atoms with Crippen molar-refractivity contribution in [2.75, 3.05) is 13.7 Å². The third-order valence-electron chi connectivity index (χ3n) is 2.93. The van der Waals surface area contributed by atoms with Gasteiger partial charge in [0.25, 0.3) is 0 Å². The lowest BCUT2D eigenvalue weighted by atomic mass is 10.0. The second kappa shape index (κ2) is 6.96. The van der Waals surface area contributed by atoms with Crippen LogP contribution in [0.5, 0.6) is 5.88 Å². The Bertz CT molecular complexity index is 575. The minimum absolute atomic E-state index is 0.299. The second-order valence-electron chi connectivity index (χ2n) is 4.39. The molecular formula is C15H18FN3O. The molecule has 0 aliphatic heterocycles. The van der Waals surface area contributed by atoms with Crippen molar-refractivity contribution in [1.29, 1.82) is 0 Å². The minimum Gasteiger partial charge on any atom is -0.479 e. The molecule has 0 aliphatic rings. The van der Waals surface area contributed by atoms with Crippen molar-refractivity contribution < 1.29 is 9.13 Å². The molecule has 0 atom stereocenters. The first-order valence-corrected chi connectivity index (χ1v) is 6.60. The Kier molecular flexibility index (Phi) is 5.01. The molecule has 0 radical (unpaired) electrons. The molecule has 1 aromatic carbocycles. The summed E-state index contributed by atoms with van der Waals surface area (Å²) in [4.78, 5) is 8.38. The van der Waals surface area contributed by atoms with Crippen LogP contribution in [0.4, 0.5) is 4.39 Å². The summed E-state index contributed by atoms with van der Waals surface area (Å²) >= 11 is 0. The number of aromatic nitrogens is 2. The van der Waals surface area contributed by atoms with Gasteiger partial charge < -0.3 is 10.1 Å². The zero-order chi connectivity index (χ0) is 14.4. The Labute approximate surface area is 118 Å². The molecule has 0 amide bonds. The van der Waals surface area contributed by atoms with E-state index in [1.165, 1.54) is 19.2 Å². The van der Waals surface area contributed by atoms with Crippen molar-refractivity contribution in [3.8, 4) is 17.1 Å². The van der Waals surface area contributed by atoms with Crippen LogP contribution in [0.1, 0.15) is 18.9 Å². The first-order chi connectivity index (χ1) is 9.76. The number of methoxy groups -OCH3 is 1. The van der Waals surface area contributed by atoms with Gasteiger partial charge in [-0.05, 0) is 30.7 Å². The van der Waals surface area contributed by atoms with E-state index in [0.29, 0.717) is 23.7 Å². The largest absolute Gasteiger partial charge is 0.479 e. The van der Waals surface area contributed by atoms with Gasteiger partial charge in [-0.25, -0.2) is 14.4 Å². The summed E-state index contributed by atoms with van der Waals surface area (Å²) in [6.45, 7) is 3.67. The van der Waals surface area contributed by atoms with Gasteiger partial charge in [-0.3, -0.25) is 0 Å². The fraction of sp³-hybridized carbons (Fsp3) is 0.333. The summed E-state index contributed by atoms with van der Waals surface area (Å²) in [6, 6.07) is 4.69. The molecule has 1 heterocycles. The van der Waals surface area contributed by atoms with E-state index in [4.69, 9.17) is 4.74 Å². The summed E-state index contributed by atoms with van der Waals surface area (Å²) < 4.78 is 18.8. The maximum atomic E-state index is 13.5. The lowest BCUT2D eigenvalue weighted by Gasteiger charge is -2.12. The molecule has 2 aromatic rings. The van der Waals surface area contributed by atoms with Crippen LogP contribution in [0.25, 0.3) is 11.3 Å². The average molecular weight is 275 g/mol. The Morgan fingerprint density at radius 3 is 2.80 bits per heavy atom. The number of hydrogen-bond donors (Lipinski definition) is 1. The first kappa shape index (κ1) is 14.4. The van der Waals surface area contributed by atoms with Gasteiger partial charge in [-0.15, -0.1) is 0 Å². The first-order valence-electron chi connectivity index (χ1n) is 6.60. The van der Waals surface area contributed by atoms with Crippen LogP contribution in [0.2, 0.25) is 0 Å². The number of rotatable bonds is 6. The van der Waals surface area contributed by atoms with E-state index in [2.05, 4.69) is 22.2 Å². The molecule has 0 aliphatic carbocycles. The molecule has 0 saturated heterocycles. The summed E-state index contributed by atoms with van der Waals surface area (Å²) in [5, 5.41) is 3.31. The number of nitrogens with one attached hydrogen (secondary N) is 1. The highest BCUT2D eigenvalue weighted by Gasteiger charge is 2.13. The van der Waals surface area contributed by atoms with Crippen molar-refractivity contribution in [2.45, 2.75) is 19.9 Å². The van der Waals surface area contributed by atoms with Crippen LogP contribution in [0.15, 0.2) is 30.6 Å². The van der Waals surface area contributed by atoms with E-state index in [9.17, 15) is 4.39 Å². The lowest BCUT2D eigenvalue weighted by Crippen LogP contribution is -2.14. The highest BCUT2D eigenvalue weighted by molar-refractivity contribution is 5.68. The standard InChI is InChI=1S/C15H18FN3O/c1-3-6-17-10-11-4-5-12(16)9-13(11)14-15(20-2)19-8-7-18-14/h4-5,7-9,17H,3,6,10H2,1-2H3. The minimum atomic E-state index is -0.299. The molecule has 0 fully saturated rings. The van der Waals surface area contributed by atoms with Crippen molar-refractivity contribution in [3.63, 3.8) is 0 Å². The van der Waals surface area contributed by atoms with Crippen molar-refractivity contribution in [1.82, 2.24) is 15.3 Å². The zero-order valence-corrected chi connectivity index (χ0v) is 11.7. The molecule has 0 unspecified atom stereocenters. The molecule has 0 bridgehead atoms. The summed E-state index contributed by atoms with van der Waals surface area (Å²) in [7, 11) is 1.53. The molecule has 106 valence electrons. The highest BCUT2D eigenvalue weighted by Crippen LogP contribution is 2.29. The van der Waals surface area contributed by atoms with E-state index in [1.54, 1.807) is 18.5 Å². The molecule has 0 saturated carbocycles. The van der Waals surface area contributed by atoms with Crippen LogP contribution in [0, 0.1) is 5.82 Å². The molecule has 20 heavy (non-hydrogen) atoms. The van der Waals surface area contributed by atoms with Crippen molar-refractivity contribution >= 4 is 0 Å². The SMILES string of the molecule is CCCNCc1ccc(F)cc1-c1nccnc1OC. The number of hydrogen-bond acceptors (Lipinski definition) is 4. The van der Waals surface area contributed by atoms with E-state index in [0.717, 1.165) is 18.5 Å². The maximum absolute atomic E-state index is 13.5. The van der Waals surface area contributed by atoms with Gasteiger partial charge in [0.15, 0.2) is 0 Å². The summed E-state index contributed by atoms with van der Waals surface area (Å²) in [5.74, 6) is 0.0989. The predicted octanol–water partition coefficient (Wildman–Crippen LogP) is 2.79. The highest BCUT2D eigenvalue weighted by atomic mass is 19.1. The average Bonchev–Trinajstić information content (AvgIpc) is 2.49. The quantitative estimate of drug-likeness (QED) is 0.823. The molecule has 1 aromatic heterocycles. The number of benzene rings is 1. The Hall–Kier alpha value is -2.01. The van der Waals surface area contributed by atoms with Crippen LogP contribution < -0.4 is 10.1 Å². The van der Waals surface area contributed by atoms with Crippen LogP contribution in [0.3, 0.4) is 0 Å². The Balaban J connectivity index is 2.40. The normalized spacial score (nSPS) is 10.6. The summed E-state index contributed by atoms with van der Waals surface area (Å²) in [5.41, 5.74) is 2.24. The molecule has 0 spiro atoms. The predicted molar refractivity (Wildman–Crippen MR) is 76.0 cm³/mol. The van der Waals surface area contributed by atoms with E-state index < -0.39 is 0 Å². The summed E-state index contributed by atoms with van der Waals surface area (Å²) in [6.07, 6.45) is 4.17. The smallest absolute Gasteiger partial charge is 0.240 e. The fourth-order valence-electron chi connectivity index (χ4n) is 1.98. The van der Waals surface area contributed by atoms with Crippen LogP contribution >= 0.6 is 0 Å². The molecule has 2 rings (SSSR count). The van der Waals surface area contributed by atoms with Gasteiger partial charge >= 0.3 is 0 Å². The fourth-order valence-corrected chi connectivity index (χ4v) is 1.98. The second-order valence-corrected chi connectivity index (χ2v) is 4.39. The number of ether oxygens (including phenoxy) is 1. The Morgan fingerprint density at radius 1 is 1.25 bits per heavy atom. The van der Waals surface area contributed by atoms with E-state index in [1.807, 2.05) is 0 Å².